The fourth-order valence-electron chi connectivity index (χ4n) is 4.85. The summed E-state index contributed by atoms with van der Waals surface area (Å²) < 4.78 is 0. The molecule has 0 aromatic heterocycles. The molecule has 0 aromatic carbocycles. The van der Waals surface area contributed by atoms with Crippen LogP contribution in [0.1, 0.15) is 95.9 Å². The molecule has 7 atom stereocenters. The molecule has 0 aliphatic rings. The van der Waals surface area contributed by atoms with E-state index in [1.54, 1.807) is 41.5 Å². The van der Waals surface area contributed by atoms with Crippen LogP contribution < -0.4 is 43.0 Å². The van der Waals surface area contributed by atoms with Crippen LogP contribution in [0.5, 0.6) is 0 Å². The third kappa shape index (κ3) is 17.3. The van der Waals surface area contributed by atoms with Crippen LogP contribution in [0.25, 0.3) is 0 Å². The molecular weight excluding hydrogens is 676 g/mol. The second kappa shape index (κ2) is 22.6. The molecule has 0 spiro atoms. The normalized spacial score (nSPS) is 15.5. The number of carboxylic acid groups (broad SMARTS) is 1. The van der Waals surface area contributed by atoms with E-state index in [0.717, 1.165) is 0 Å². The van der Waals surface area contributed by atoms with Gasteiger partial charge in [-0.05, 0) is 56.3 Å². The first-order valence-electron chi connectivity index (χ1n) is 18.0. The minimum atomic E-state index is -1.24. The molecule has 0 radical (unpaired) electrons. The van der Waals surface area contributed by atoms with E-state index >= 15 is 0 Å². The zero-order chi connectivity index (χ0) is 40.6. The molecule has 0 aliphatic carbocycles. The average Bonchev–Trinajstić information content (AvgIpc) is 3.02. The molecule has 0 fully saturated rings. The number of amides is 7. The lowest BCUT2D eigenvalue weighted by Crippen LogP contribution is -2.61. The van der Waals surface area contributed by atoms with Gasteiger partial charge in [0.05, 0.1) is 12.6 Å². The molecule has 17 heteroatoms. The Balaban J connectivity index is 5.89. The van der Waals surface area contributed by atoms with Gasteiger partial charge in [-0.25, -0.2) is 0 Å². The fraction of sp³-hybridized carbons (Fsp3) is 0.771. The Morgan fingerprint density at radius 1 is 0.481 bits per heavy atom. The number of carboxylic acids is 1. The molecule has 7 amide bonds. The largest absolute Gasteiger partial charge is 0.480 e. The van der Waals surface area contributed by atoms with E-state index in [9.17, 15) is 38.4 Å². The van der Waals surface area contributed by atoms with Crippen molar-refractivity contribution in [2.24, 2.45) is 35.3 Å². The number of nitrogens with one attached hydrogen (secondary N) is 7. The number of rotatable bonds is 22. The van der Waals surface area contributed by atoms with Crippen LogP contribution in [0.2, 0.25) is 0 Å². The number of nitrogens with two attached hydrogens (primary N) is 1. The molecular formula is C35H64N8O9. The summed E-state index contributed by atoms with van der Waals surface area (Å²) in [5.74, 6) is -6.84. The Kier molecular flexibility index (Phi) is 20.7. The van der Waals surface area contributed by atoms with E-state index in [4.69, 9.17) is 10.8 Å². The smallest absolute Gasteiger partial charge is 0.325 e. The zero-order valence-electron chi connectivity index (χ0n) is 32.8. The summed E-state index contributed by atoms with van der Waals surface area (Å²) in [7, 11) is 0. The lowest BCUT2D eigenvalue weighted by atomic mass is 9.97. The van der Waals surface area contributed by atoms with Crippen molar-refractivity contribution in [3.05, 3.63) is 0 Å². The van der Waals surface area contributed by atoms with Crippen molar-refractivity contribution in [2.75, 3.05) is 6.54 Å². The number of aliphatic carboxylic acids is 1. The number of carbonyl (C=O) groups excluding carboxylic acids is 7. The van der Waals surface area contributed by atoms with Gasteiger partial charge in [0, 0.05) is 0 Å². The molecule has 0 rings (SSSR count). The molecule has 0 heterocycles. The van der Waals surface area contributed by atoms with Gasteiger partial charge in [0.2, 0.25) is 41.4 Å². The van der Waals surface area contributed by atoms with Gasteiger partial charge in [-0.2, -0.15) is 0 Å². The Morgan fingerprint density at radius 2 is 0.904 bits per heavy atom. The van der Waals surface area contributed by atoms with Gasteiger partial charge in [-0.15, -0.1) is 0 Å². The summed E-state index contributed by atoms with van der Waals surface area (Å²) in [6.45, 7) is 20.0. The predicted octanol–water partition coefficient (Wildman–Crippen LogP) is -0.477. The highest BCUT2D eigenvalue weighted by molar-refractivity contribution is 5.97. The molecule has 52 heavy (non-hydrogen) atoms. The van der Waals surface area contributed by atoms with Crippen LogP contribution in [0, 0.1) is 29.6 Å². The van der Waals surface area contributed by atoms with Crippen molar-refractivity contribution in [3.8, 4) is 0 Å². The minimum Gasteiger partial charge on any atom is -0.480 e. The molecule has 0 aromatic rings. The Bertz CT molecular complexity index is 1250. The summed E-state index contributed by atoms with van der Waals surface area (Å²) in [5, 5.41) is 26.9. The maximum atomic E-state index is 13.7. The Morgan fingerprint density at radius 3 is 1.29 bits per heavy atom. The number of carbonyl (C=O) groups is 8. The van der Waals surface area contributed by atoms with Crippen molar-refractivity contribution in [1.29, 1.82) is 0 Å². The van der Waals surface area contributed by atoms with Gasteiger partial charge in [0.25, 0.3) is 0 Å². The van der Waals surface area contributed by atoms with Crippen LogP contribution in [0.4, 0.5) is 0 Å². The molecule has 0 bridgehead atoms. The molecule has 0 saturated heterocycles. The monoisotopic (exact) mass is 740 g/mol. The first-order valence-corrected chi connectivity index (χ1v) is 18.0. The van der Waals surface area contributed by atoms with Crippen LogP contribution >= 0.6 is 0 Å². The summed E-state index contributed by atoms with van der Waals surface area (Å²) in [6.07, 6.45) is 0.397. The summed E-state index contributed by atoms with van der Waals surface area (Å²) in [6, 6.07) is -7.34. The van der Waals surface area contributed by atoms with E-state index in [2.05, 4.69) is 37.2 Å². The van der Waals surface area contributed by atoms with Gasteiger partial charge in [-0.3, -0.25) is 38.4 Å². The van der Waals surface area contributed by atoms with Gasteiger partial charge in [-0.1, -0.05) is 69.2 Å². The first kappa shape index (κ1) is 47.7. The minimum absolute atomic E-state index is 0.0547. The third-order valence-corrected chi connectivity index (χ3v) is 8.12. The van der Waals surface area contributed by atoms with E-state index in [1.165, 1.54) is 13.8 Å². The number of hydrogen-bond acceptors (Lipinski definition) is 9. The van der Waals surface area contributed by atoms with Crippen LogP contribution in [0.3, 0.4) is 0 Å². The maximum absolute atomic E-state index is 13.7. The third-order valence-electron chi connectivity index (χ3n) is 8.12. The van der Waals surface area contributed by atoms with E-state index in [0.29, 0.717) is 0 Å². The Hall–Kier alpha value is -4.28. The second-order valence-electron chi connectivity index (χ2n) is 15.2. The molecule has 0 aliphatic heterocycles. The molecule has 7 unspecified atom stereocenters. The summed E-state index contributed by atoms with van der Waals surface area (Å²) >= 11 is 0. The first-order chi connectivity index (χ1) is 23.9. The van der Waals surface area contributed by atoms with Crippen molar-refractivity contribution in [2.45, 2.75) is 138 Å². The van der Waals surface area contributed by atoms with Crippen LogP contribution in [-0.2, 0) is 38.4 Å². The van der Waals surface area contributed by atoms with Crippen molar-refractivity contribution >= 4 is 47.3 Å². The molecule has 10 N–H and O–H groups in total. The van der Waals surface area contributed by atoms with Crippen molar-refractivity contribution in [1.82, 2.24) is 37.2 Å². The van der Waals surface area contributed by atoms with Gasteiger partial charge in [0.1, 0.15) is 36.3 Å². The highest BCUT2D eigenvalue weighted by atomic mass is 16.4. The molecule has 0 saturated carbocycles. The van der Waals surface area contributed by atoms with Gasteiger partial charge >= 0.3 is 5.97 Å². The molecule has 298 valence electrons. The second-order valence-corrected chi connectivity index (χ2v) is 15.2. The Labute approximate surface area is 307 Å². The average molecular weight is 741 g/mol. The van der Waals surface area contributed by atoms with E-state index < -0.39 is 108 Å². The SMILES string of the molecule is CC(C)CC(NC(=O)C(NC(=O)C(C)NC(=O)C(N)C(C)C)C(C)C)C(=O)NC(C(=O)NC(CC(C)C)C(=O)NCC(=O)NC(C)C(=O)O)C(C)C. The standard InChI is InChI=1S/C35H64N8O9/c1-16(2)13-23(30(46)37-15-25(44)38-22(12)35(51)52)40-34(50)28(20(9)10)43-31(47)24(14-17(3)4)41-33(49)27(19(7)8)42-29(45)21(11)39-32(48)26(36)18(5)6/h16-24,26-28H,13-15,36H2,1-12H3,(H,37,46)(H,38,44)(H,39,48)(H,40,50)(H,41,49)(H,42,45)(H,43,47)(H,51,52). The number of hydrogen-bond donors (Lipinski definition) is 9. The quantitative estimate of drug-likeness (QED) is 0.0688. The fourth-order valence-corrected chi connectivity index (χ4v) is 4.85. The topological polar surface area (TPSA) is 267 Å². The van der Waals surface area contributed by atoms with Gasteiger partial charge in [0.15, 0.2) is 0 Å². The lowest BCUT2D eigenvalue weighted by Gasteiger charge is -2.30. The van der Waals surface area contributed by atoms with Crippen molar-refractivity contribution in [3.63, 3.8) is 0 Å². The maximum Gasteiger partial charge on any atom is 0.325 e. The zero-order valence-corrected chi connectivity index (χ0v) is 32.8. The highest BCUT2D eigenvalue weighted by Gasteiger charge is 2.34. The van der Waals surface area contributed by atoms with Crippen LogP contribution in [-0.4, -0.2) is 101 Å². The van der Waals surface area contributed by atoms with Crippen LogP contribution in [0.15, 0.2) is 0 Å². The van der Waals surface area contributed by atoms with E-state index in [1.807, 2.05) is 27.7 Å². The summed E-state index contributed by atoms with van der Waals surface area (Å²) in [5.41, 5.74) is 5.88. The van der Waals surface area contributed by atoms with Crippen molar-refractivity contribution < 1.29 is 43.5 Å². The highest BCUT2D eigenvalue weighted by Crippen LogP contribution is 2.12. The van der Waals surface area contributed by atoms with Gasteiger partial charge < -0.3 is 48.1 Å². The predicted molar refractivity (Wildman–Crippen MR) is 195 cm³/mol. The van der Waals surface area contributed by atoms with E-state index in [-0.39, 0.29) is 30.6 Å². The lowest BCUT2D eigenvalue weighted by molar-refractivity contribution is -0.141. The summed E-state index contributed by atoms with van der Waals surface area (Å²) in [4.78, 5) is 102. The molecule has 17 nitrogen and oxygen atoms in total.